The van der Waals surface area contributed by atoms with E-state index in [0.29, 0.717) is 10.0 Å². The standard InChI is InChI=1S/C14H15BrN6O5/c1-6(17-11-13(24)18-14(25)21-19-11)12(23)20-16-5-7-3-8(15)10(22)9(4-7)26-2/h3-6,22H,1-2H3,(H,17,19)(H,20,23)(H2,18,21,24,25). The third kappa shape index (κ3) is 4.69. The highest BCUT2D eigenvalue weighted by Gasteiger charge is 2.14. The minimum atomic E-state index is -0.854. The molecule has 1 aromatic carbocycles. The second-order valence-electron chi connectivity index (χ2n) is 5.01. The van der Waals surface area contributed by atoms with E-state index in [2.05, 4.69) is 36.9 Å². The third-order valence-corrected chi connectivity index (χ3v) is 3.72. The Morgan fingerprint density at radius 1 is 1.46 bits per heavy atom. The molecule has 0 aliphatic carbocycles. The zero-order valence-corrected chi connectivity index (χ0v) is 15.2. The van der Waals surface area contributed by atoms with Crippen LogP contribution in [0.15, 0.2) is 31.3 Å². The predicted octanol–water partition coefficient (Wildman–Crippen LogP) is -0.114. The lowest BCUT2D eigenvalue weighted by molar-refractivity contribution is -0.121. The molecule has 1 unspecified atom stereocenters. The molecule has 0 aliphatic rings. The highest BCUT2D eigenvalue weighted by atomic mass is 79.9. The van der Waals surface area contributed by atoms with Crippen LogP contribution >= 0.6 is 15.9 Å². The molecule has 2 aromatic rings. The van der Waals surface area contributed by atoms with Crippen LogP contribution in [0.2, 0.25) is 0 Å². The Kier molecular flexibility index (Phi) is 6.11. The van der Waals surface area contributed by atoms with Crippen molar-refractivity contribution in [2.45, 2.75) is 13.0 Å². The molecule has 1 heterocycles. The van der Waals surface area contributed by atoms with Gasteiger partial charge in [0.2, 0.25) is 5.82 Å². The Balaban J connectivity index is 2.01. The number of carbonyl (C=O) groups is 1. The van der Waals surface area contributed by atoms with Crippen LogP contribution in [-0.2, 0) is 4.79 Å². The van der Waals surface area contributed by atoms with Crippen LogP contribution in [0.3, 0.4) is 0 Å². The summed E-state index contributed by atoms with van der Waals surface area (Å²) < 4.78 is 5.42. The van der Waals surface area contributed by atoms with Crippen molar-refractivity contribution >= 4 is 33.9 Å². The molecule has 0 aliphatic heterocycles. The molecule has 0 saturated heterocycles. The number of benzene rings is 1. The van der Waals surface area contributed by atoms with Crippen LogP contribution in [0.1, 0.15) is 12.5 Å². The number of aromatic hydroxyl groups is 1. The number of methoxy groups -OCH3 is 1. The molecule has 26 heavy (non-hydrogen) atoms. The molecule has 1 atom stereocenters. The van der Waals surface area contributed by atoms with E-state index in [4.69, 9.17) is 4.74 Å². The van der Waals surface area contributed by atoms with Crippen molar-refractivity contribution in [3.05, 3.63) is 43.0 Å². The van der Waals surface area contributed by atoms with E-state index in [1.54, 1.807) is 6.07 Å². The molecule has 1 amide bonds. The van der Waals surface area contributed by atoms with Crippen molar-refractivity contribution < 1.29 is 14.6 Å². The topological polar surface area (TPSA) is 162 Å². The van der Waals surface area contributed by atoms with Gasteiger partial charge < -0.3 is 15.2 Å². The highest BCUT2D eigenvalue weighted by molar-refractivity contribution is 9.10. The number of amides is 1. The van der Waals surface area contributed by atoms with Crippen molar-refractivity contribution in [1.82, 2.24) is 20.6 Å². The number of phenolic OH excluding ortho intramolecular Hbond substituents is 1. The first-order chi connectivity index (χ1) is 12.3. The average Bonchev–Trinajstić information content (AvgIpc) is 2.60. The molecular formula is C14H15BrN6O5. The molecule has 0 fully saturated rings. The summed E-state index contributed by atoms with van der Waals surface area (Å²) in [5.41, 5.74) is 1.35. The van der Waals surface area contributed by atoms with Crippen molar-refractivity contribution in [2.75, 3.05) is 12.4 Å². The molecule has 0 radical (unpaired) electrons. The highest BCUT2D eigenvalue weighted by Crippen LogP contribution is 2.34. The van der Waals surface area contributed by atoms with E-state index in [1.807, 2.05) is 10.1 Å². The van der Waals surface area contributed by atoms with Crippen molar-refractivity contribution in [3.63, 3.8) is 0 Å². The van der Waals surface area contributed by atoms with Crippen LogP contribution in [-0.4, -0.2) is 45.6 Å². The molecule has 11 nitrogen and oxygen atoms in total. The molecule has 5 N–H and O–H groups in total. The number of rotatable bonds is 6. The van der Waals surface area contributed by atoms with Crippen molar-refractivity contribution in [2.24, 2.45) is 5.10 Å². The van der Waals surface area contributed by atoms with Crippen molar-refractivity contribution in [1.29, 1.82) is 0 Å². The molecular weight excluding hydrogens is 412 g/mol. The first kappa shape index (κ1) is 19.2. The molecule has 0 bridgehead atoms. The van der Waals surface area contributed by atoms with E-state index in [9.17, 15) is 19.5 Å². The Hall–Kier alpha value is -3.15. The van der Waals surface area contributed by atoms with Crippen LogP contribution < -0.4 is 26.7 Å². The van der Waals surface area contributed by atoms with Crippen LogP contribution in [0.5, 0.6) is 11.5 Å². The smallest absolute Gasteiger partial charge is 0.342 e. The number of nitrogens with zero attached hydrogens (tertiary/aromatic N) is 2. The predicted molar refractivity (Wildman–Crippen MR) is 96.7 cm³/mol. The number of aromatic amines is 2. The number of ether oxygens (including phenoxy) is 1. The summed E-state index contributed by atoms with van der Waals surface area (Å²) in [6.45, 7) is 1.48. The summed E-state index contributed by atoms with van der Waals surface area (Å²) in [4.78, 5) is 36.4. The number of halogens is 1. The fourth-order valence-corrected chi connectivity index (χ4v) is 2.27. The first-order valence-electron chi connectivity index (χ1n) is 7.16. The molecule has 12 heteroatoms. The average molecular weight is 427 g/mol. The third-order valence-electron chi connectivity index (χ3n) is 3.12. The maximum Gasteiger partial charge on any atom is 0.342 e. The summed E-state index contributed by atoms with van der Waals surface area (Å²) in [5, 5.41) is 21.6. The number of carbonyl (C=O) groups excluding carboxylic acids is 1. The van der Waals surface area contributed by atoms with E-state index in [1.165, 1.54) is 26.3 Å². The minimum Gasteiger partial charge on any atom is -0.503 e. The number of hydrogen-bond acceptors (Lipinski definition) is 8. The Morgan fingerprint density at radius 2 is 2.19 bits per heavy atom. The van der Waals surface area contributed by atoms with Gasteiger partial charge in [0.15, 0.2) is 11.5 Å². The number of hydrazone groups is 1. The molecule has 138 valence electrons. The minimum absolute atomic E-state index is 0.0508. The monoisotopic (exact) mass is 426 g/mol. The fraction of sp³-hybridized carbons (Fsp3) is 0.214. The van der Waals surface area contributed by atoms with Gasteiger partial charge in [0.1, 0.15) is 6.04 Å². The summed E-state index contributed by atoms with van der Waals surface area (Å²) >= 11 is 3.18. The summed E-state index contributed by atoms with van der Waals surface area (Å²) in [5.74, 6) is -0.558. The van der Waals surface area contributed by atoms with Gasteiger partial charge in [-0.2, -0.15) is 5.10 Å². The summed E-state index contributed by atoms with van der Waals surface area (Å²) in [6.07, 6.45) is 1.35. The van der Waals surface area contributed by atoms with Gasteiger partial charge in [0, 0.05) is 0 Å². The van der Waals surface area contributed by atoms with Gasteiger partial charge in [0.25, 0.3) is 11.5 Å². The number of hydrogen-bond donors (Lipinski definition) is 5. The lowest BCUT2D eigenvalue weighted by atomic mass is 10.2. The quantitative estimate of drug-likeness (QED) is 0.317. The number of anilines is 1. The Bertz CT molecular complexity index is 954. The maximum absolute atomic E-state index is 12.0. The second kappa shape index (κ2) is 8.29. The van der Waals surface area contributed by atoms with Crippen molar-refractivity contribution in [3.8, 4) is 11.5 Å². The largest absolute Gasteiger partial charge is 0.503 e. The number of phenols is 1. The van der Waals surface area contributed by atoms with E-state index < -0.39 is 23.2 Å². The van der Waals surface area contributed by atoms with Gasteiger partial charge in [-0.1, -0.05) is 0 Å². The fourth-order valence-electron chi connectivity index (χ4n) is 1.81. The van der Waals surface area contributed by atoms with Gasteiger partial charge in [-0.25, -0.2) is 15.3 Å². The number of aromatic nitrogens is 3. The molecule has 0 saturated carbocycles. The SMILES string of the molecule is COc1cc(C=NNC(=O)C(C)Nc2n[nH]c(=O)[nH]c2=O)cc(Br)c1O. The lowest BCUT2D eigenvalue weighted by Crippen LogP contribution is -2.38. The number of nitrogens with one attached hydrogen (secondary N) is 4. The lowest BCUT2D eigenvalue weighted by Gasteiger charge is -2.11. The Morgan fingerprint density at radius 3 is 2.85 bits per heavy atom. The van der Waals surface area contributed by atoms with Crippen LogP contribution in [0, 0.1) is 0 Å². The van der Waals surface area contributed by atoms with Gasteiger partial charge in [-0.15, -0.1) is 5.10 Å². The molecule has 0 spiro atoms. The second-order valence-corrected chi connectivity index (χ2v) is 5.86. The summed E-state index contributed by atoms with van der Waals surface area (Å²) in [7, 11) is 1.41. The van der Waals surface area contributed by atoms with Crippen LogP contribution in [0.25, 0.3) is 0 Å². The van der Waals surface area contributed by atoms with Gasteiger partial charge in [-0.05, 0) is 40.5 Å². The van der Waals surface area contributed by atoms with E-state index >= 15 is 0 Å². The van der Waals surface area contributed by atoms with Gasteiger partial charge >= 0.3 is 5.69 Å². The maximum atomic E-state index is 12.0. The Labute approximate surface area is 154 Å². The van der Waals surface area contributed by atoms with E-state index in [0.717, 1.165) is 0 Å². The molecule has 1 aromatic heterocycles. The normalized spacial score (nSPS) is 12.0. The number of H-pyrrole nitrogens is 2. The van der Waals surface area contributed by atoms with Gasteiger partial charge in [0.05, 0.1) is 17.8 Å². The van der Waals surface area contributed by atoms with Crippen LogP contribution in [0.4, 0.5) is 5.82 Å². The zero-order chi connectivity index (χ0) is 19.3. The summed E-state index contributed by atoms with van der Waals surface area (Å²) in [6, 6.07) is 2.26. The van der Waals surface area contributed by atoms with E-state index in [-0.39, 0.29) is 17.3 Å². The zero-order valence-electron chi connectivity index (χ0n) is 13.7. The van der Waals surface area contributed by atoms with Gasteiger partial charge in [-0.3, -0.25) is 14.6 Å². The molecule has 2 rings (SSSR count). The first-order valence-corrected chi connectivity index (χ1v) is 7.96.